The van der Waals surface area contributed by atoms with Gasteiger partial charge in [0.25, 0.3) is 0 Å². The Kier molecular flexibility index (Phi) is 5.22. The molecule has 0 bridgehead atoms. The average molecular weight is 223 g/mol. The summed E-state index contributed by atoms with van der Waals surface area (Å²) >= 11 is 0. The number of hydrogen-bond donors (Lipinski definition) is 2. The molecule has 4 heteroatoms. The smallest absolute Gasteiger partial charge is 0.137 e. The second-order valence-corrected chi connectivity index (χ2v) is 3.88. The predicted molar refractivity (Wildman–Crippen MR) is 64.9 cm³/mol. The van der Waals surface area contributed by atoms with Gasteiger partial charge in [0.1, 0.15) is 5.75 Å². The van der Waals surface area contributed by atoms with Crippen LogP contribution in [-0.4, -0.2) is 12.1 Å². The summed E-state index contributed by atoms with van der Waals surface area (Å²) in [5.41, 5.74) is 3.96. The van der Waals surface area contributed by atoms with E-state index in [1.807, 2.05) is 12.3 Å². The molecule has 1 atom stereocenters. The molecule has 0 amide bonds. The lowest BCUT2D eigenvalue weighted by Crippen LogP contribution is -2.33. The summed E-state index contributed by atoms with van der Waals surface area (Å²) in [5.74, 6) is 6.91. The Morgan fingerprint density at radius 1 is 1.38 bits per heavy atom. The van der Waals surface area contributed by atoms with Gasteiger partial charge in [0.05, 0.1) is 19.3 Å². The van der Waals surface area contributed by atoms with Crippen LogP contribution in [0.5, 0.6) is 5.75 Å². The van der Waals surface area contributed by atoms with Crippen molar-refractivity contribution in [1.82, 2.24) is 10.4 Å². The lowest BCUT2D eigenvalue weighted by atomic mass is 9.90. The van der Waals surface area contributed by atoms with E-state index in [0.717, 1.165) is 24.2 Å². The van der Waals surface area contributed by atoms with E-state index >= 15 is 0 Å². The average Bonchev–Trinajstić information content (AvgIpc) is 2.35. The summed E-state index contributed by atoms with van der Waals surface area (Å²) in [4.78, 5) is 4.15. The highest BCUT2D eigenvalue weighted by Crippen LogP contribution is 2.27. The summed E-state index contributed by atoms with van der Waals surface area (Å²) in [7, 11) is 1.64. The first-order valence-corrected chi connectivity index (χ1v) is 5.71. The molecular weight excluding hydrogens is 202 g/mol. The maximum atomic E-state index is 5.63. The lowest BCUT2D eigenvalue weighted by Gasteiger charge is -2.24. The van der Waals surface area contributed by atoms with Crippen LogP contribution in [0.1, 0.15) is 38.3 Å². The number of pyridine rings is 1. The lowest BCUT2D eigenvalue weighted by molar-refractivity contribution is 0.342. The van der Waals surface area contributed by atoms with E-state index in [1.165, 1.54) is 0 Å². The molecular formula is C12H21N3O. The van der Waals surface area contributed by atoms with Crippen molar-refractivity contribution in [2.75, 3.05) is 7.11 Å². The van der Waals surface area contributed by atoms with Crippen LogP contribution in [0, 0.1) is 5.92 Å². The highest BCUT2D eigenvalue weighted by Gasteiger charge is 2.19. The van der Waals surface area contributed by atoms with E-state index in [1.54, 1.807) is 13.3 Å². The minimum atomic E-state index is 0.137. The number of aromatic nitrogens is 1. The normalized spacial score (nSPS) is 12.8. The Bertz CT molecular complexity index is 313. The Morgan fingerprint density at radius 2 is 2.06 bits per heavy atom. The van der Waals surface area contributed by atoms with Gasteiger partial charge in [-0.05, 0) is 17.5 Å². The molecule has 0 fully saturated rings. The molecule has 0 radical (unpaired) electrons. The Balaban J connectivity index is 2.93. The second-order valence-electron chi connectivity index (χ2n) is 3.88. The molecule has 1 unspecified atom stereocenters. The largest absolute Gasteiger partial charge is 0.495 e. The number of methoxy groups -OCH3 is 1. The van der Waals surface area contributed by atoms with Gasteiger partial charge in [-0.25, -0.2) is 0 Å². The van der Waals surface area contributed by atoms with E-state index < -0.39 is 0 Å². The first kappa shape index (κ1) is 12.9. The molecule has 0 aliphatic rings. The maximum Gasteiger partial charge on any atom is 0.137 e. The topological polar surface area (TPSA) is 60.2 Å². The van der Waals surface area contributed by atoms with Crippen LogP contribution >= 0.6 is 0 Å². The zero-order chi connectivity index (χ0) is 12.0. The van der Waals surface area contributed by atoms with Gasteiger partial charge < -0.3 is 4.74 Å². The van der Waals surface area contributed by atoms with Crippen molar-refractivity contribution in [1.29, 1.82) is 0 Å². The molecule has 90 valence electrons. The van der Waals surface area contributed by atoms with Crippen LogP contribution in [0.25, 0.3) is 0 Å². The highest BCUT2D eigenvalue weighted by atomic mass is 16.5. The standard InChI is InChI=1S/C12H21N3O/c1-4-9(5-2)12(15-13)10-6-11(16-3)8-14-7-10/h6-9,12,15H,4-5,13H2,1-3H3. The highest BCUT2D eigenvalue weighted by molar-refractivity contribution is 5.26. The van der Waals surface area contributed by atoms with Crippen molar-refractivity contribution in [2.24, 2.45) is 11.8 Å². The Labute approximate surface area is 97.2 Å². The molecule has 1 rings (SSSR count). The fourth-order valence-corrected chi connectivity index (χ4v) is 1.98. The number of rotatable bonds is 6. The van der Waals surface area contributed by atoms with Crippen LogP contribution in [0.2, 0.25) is 0 Å². The summed E-state index contributed by atoms with van der Waals surface area (Å²) in [6, 6.07) is 2.12. The number of hydrogen-bond acceptors (Lipinski definition) is 4. The van der Waals surface area contributed by atoms with Gasteiger partial charge in [-0.2, -0.15) is 0 Å². The van der Waals surface area contributed by atoms with Gasteiger partial charge in [-0.1, -0.05) is 26.7 Å². The van der Waals surface area contributed by atoms with E-state index in [2.05, 4.69) is 24.3 Å². The minimum absolute atomic E-state index is 0.137. The van der Waals surface area contributed by atoms with E-state index in [-0.39, 0.29) is 6.04 Å². The molecule has 1 aromatic rings. The zero-order valence-electron chi connectivity index (χ0n) is 10.2. The molecule has 0 aliphatic heterocycles. The molecule has 3 N–H and O–H groups in total. The number of nitrogens with one attached hydrogen (secondary N) is 1. The monoisotopic (exact) mass is 223 g/mol. The van der Waals surface area contributed by atoms with Crippen molar-refractivity contribution >= 4 is 0 Å². The number of nitrogens with zero attached hydrogens (tertiary/aromatic N) is 1. The fraction of sp³-hybridized carbons (Fsp3) is 0.583. The quantitative estimate of drug-likeness (QED) is 0.572. The summed E-state index contributed by atoms with van der Waals surface area (Å²) in [5, 5.41) is 0. The van der Waals surface area contributed by atoms with Crippen LogP contribution in [0.4, 0.5) is 0 Å². The molecule has 1 aromatic heterocycles. The third kappa shape index (κ3) is 2.93. The van der Waals surface area contributed by atoms with E-state index in [0.29, 0.717) is 5.92 Å². The van der Waals surface area contributed by atoms with Gasteiger partial charge in [0.2, 0.25) is 0 Å². The fourth-order valence-electron chi connectivity index (χ4n) is 1.98. The van der Waals surface area contributed by atoms with E-state index in [4.69, 9.17) is 10.6 Å². The van der Waals surface area contributed by atoms with Gasteiger partial charge in [-0.15, -0.1) is 0 Å². The van der Waals surface area contributed by atoms with Crippen LogP contribution < -0.4 is 16.0 Å². The first-order valence-electron chi connectivity index (χ1n) is 5.71. The predicted octanol–water partition coefficient (Wildman–Crippen LogP) is 2.03. The van der Waals surface area contributed by atoms with Crippen LogP contribution in [0.3, 0.4) is 0 Å². The molecule has 0 aromatic carbocycles. The summed E-state index contributed by atoms with van der Waals surface area (Å²) in [6.45, 7) is 4.35. The molecule has 0 saturated carbocycles. The first-order chi connectivity index (χ1) is 7.76. The van der Waals surface area contributed by atoms with Gasteiger partial charge >= 0.3 is 0 Å². The summed E-state index contributed by atoms with van der Waals surface area (Å²) in [6.07, 6.45) is 5.71. The van der Waals surface area contributed by atoms with Crippen molar-refractivity contribution < 1.29 is 4.74 Å². The summed E-state index contributed by atoms with van der Waals surface area (Å²) < 4.78 is 5.17. The molecule has 1 heterocycles. The van der Waals surface area contributed by atoms with Crippen LogP contribution in [-0.2, 0) is 0 Å². The zero-order valence-corrected chi connectivity index (χ0v) is 10.2. The van der Waals surface area contributed by atoms with E-state index in [9.17, 15) is 0 Å². The van der Waals surface area contributed by atoms with Crippen molar-refractivity contribution in [3.63, 3.8) is 0 Å². The second kappa shape index (κ2) is 6.45. The number of nitrogens with two attached hydrogens (primary N) is 1. The molecule has 0 aliphatic carbocycles. The molecule has 16 heavy (non-hydrogen) atoms. The Morgan fingerprint density at radius 3 is 2.56 bits per heavy atom. The van der Waals surface area contributed by atoms with Crippen molar-refractivity contribution in [3.05, 3.63) is 24.0 Å². The van der Waals surface area contributed by atoms with Crippen molar-refractivity contribution in [3.8, 4) is 5.75 Å². The third-order valence-corrected chi connectivity index (χ3v) is 3.03. The molecule has 0 saturated heterocycles. The van der Waals surface area contributed by atoms with Gasteiger partial charge in [0, 0.05) is 6.20 Å². The molecule has 4 nitrogen and oxygen atoms in total. The van der Waals surface area contributed by atoms with Crippen LogP contribution in [0.15, 0.2) is 18.5 Å². The molecule has 0 spiro atoms. The van der Waals surface area contributed by atoms with Crippen molar-refractivity contribution in [2.45, 2.75) is 32.7 Å². The minimum Gasteiger partial charge on any atom is -0.495 e. The Hall–Kier alpha value is -1.13. The number of hydrazine groups is 1. The van der Waals surface area contributed by atoms with Gasteiger partial charge in [-0.3, -0.25) is 16.3 Å². The van der Waals surface area contributed by atoms with Gasteiger partial charge in [0.15, 0.2) is 0 Å². The number of ether oxygens (including phenoxy) is 1. The SMILES string of the molecule is CCC(CC)C(NN)c1cncc(OC)c1. The third-order valence-electron chi connectivity index (χ3n) is 3.03. The maximum absolute atomic E-state index is 5.63.